The van der Waals surface area contributed by atoms with E-state index in [2.05, 4.69) is 20.6 Å². The molecule has 0 unspecified atom stereocenters. The summed E-state index contributed by atoms with van der Waals surface area (Å²) in [7, 11) is 1.81. The Kier molecular flexibility index (Phi) is 4.26. The van der Waals surface area contributed by atoms with Crippen LogP contribution < -0.4 is 5.32 Å². The van der Waals surface area contributed by atoms with Crippen LogP contribution in [-0.4, -0.2) is 30.5 Å². The lowest BCUT2D eigenvalue weighted by Gasteiger charge is -2.07. The van der Waals surface area contributed by atoms with E-state index in [1.165, 1.54) is 0 Å². The Morgan fingerprint density at radius 1 is 1.20 bits per heavy atom. The number of carbonyl (C=O) groups is 1. The van der Waals surface area contributed by atoms with Crippen molar-refractivity contribution < 1.29 is 18.0 Å². The van der Waals surface area contributed by atoms with Gasteiger partial charge in [0.2, 0.25) is 5.91 Å². The van der Waals surface area contributed by atoms with E-state index in [1.54, 1.807) is 35.2 Å². The lowest BCUT2D eigenvalue weighted by molar-refractivity contribution is -0.141. The maximum absolute atomic E-state index is 12.5. The zero-order valence-corrected chi connectivity index (χ0v) is 13.0. The molecule has 0 radical (unpaired) electrons. The van der Waals surface area contributed by atoms with Gasteiger partial charge in [-0.2, -0.15) is 18.3 Å². The van der Waals surface area contributed by atoms with E-state index in [9.17, 15) is 18.0 Å². The Balaban J connectivity index is 1.63. The molecule has 3 aromatic rings. The Bertz CT molecular complexity index is 881. The van der Waals surface area contributed by atoms with Crippen molar-refractivity contribution in [3.05, 3.63) is 48.5 Å². The van der Waals surface area contributed by atoms with E-state index < -0.39 is 17.8 Å². The predicted molar refractivity (Wildman–Crippen MR) is 82.3 cm³/mol. The predicted octanol–water partition coefficient (Wildman–Crippen LogP) is 2.34. The topological polar surface area (TPSA) is 77.6 Å². The van der Waals surface area contributed by atoms with Crippen molar-refractivity contribution in [3.8, 4) is 11.4 Å². The third-order valence-electron chi connectivity index (χ3n) is 3.37. The lowest BCUT2D eigenvalue weighted by atomic mass is 10.2. The summed E-state index contributed by atoms with van der Waals surface area (Å²) in [4.78, 5) is 11.9. The van der Waals surface area contributed by atoms with Gasteiger partial charge in [0.1, 0.15) is 12.9 Å². The van der Waals surface area contributed by atoms with Crippen molar-refractivity contribution in [2.45, 2.75) is 12.7 Å². The molecule has 3 rings (SSSR count). The van der Waals surface area contributed by atoms with Gasteiger partial charge in [0.05, 0.1) is 0 Å². The zero-order valence-electron chi connectivity index (χ0n) is 13.0. The van der Waals surface area contributed by atoms with Gasteiger partial charge in [0, 0.05) is 24.5 Å². The van der Waals surface area contributed by atoms with Crippen LogP contribution in [0.25, 0.3) is 11.4 Å². The van der Waals surface area contributed by atoms with Gasteiger partial charge in [-0.1, -0.05) is 0 Å². The van der Waals surface area contributed by atoms with Gasteiger partial charge in [0.15, 0.2) is 11.5 Å². The summed E-state index contributed by atoms with van der Waals surface area (Å²) < 4.78 is 40.1. The number of amides is 1. The number of benzene rings is 1. The molecular weight excluding hydrogens is 337 g/mol. The largest absolute Gasteiger partial charge is 0.435 e. The fourth-order valence-corrected chi connectivity index (χ4v) is 2.20. The van der Waals surface area contributed by atoms with Crippen molar-refractivity contribution in [2.75, 3.05) is 5.32 Å². The second kappa shape index (κ2) is 6.38. The first-order chi connectivity index (χ1) is 11.8. The first-order valence-corrected chi connectivity index (χ1v) is 7.18. The fraction of sp³-hybridized carbons (Fsp3) is 0.200. The van der Waals surface area contributed by atoms with E-state index in [0.29, 0.717) is 11.5 Å². The highest BCUT2D eigenvalue weighted by Crippen LogP contribution is 2.27. The molecule has 25 heavy (non-hydrogen) atoms. The summed E-state index contributed by atoms with van der Waals surface area (Å²) in [6.07, 6.45) is -1.85. The Morgan fingerprint density at radius 2 is 1.92 bits per heavy atom. The highest BCUT2D eigenvalue weighted by atomic mass is 19.4. The maximum Gasteiger partial charge on any atom is 0.435 e. The third-order valence-corrected chi connectivity index (χ3v) is 3.37. The number of hydrogen-bond acceptors (Lipinski definition) is 4. The molecule has 1 aromatic carbocycles. The van der Waals surface area contributed by atoms with Crippen LogP contribution in [0.4, 0.5) is 18.9 Å². The number of halogens is 3. The first kappa shape index (κ1) is 16.7. The highest BCUT2D eigenvalue weighted by Gasteiger charge is 2.33. The molecule has 2 aromatic heterocycles. The van der Waals surface area contributed by atoms with E-state index in [4.69, 9.17) is 0 Å². The number of hydrogen-bond donors (Lipinski definition) is 1. The van der Waals surface area contributed by atoms with Crippen LogP contribution in [0, 0.1) is 0 Å². The van der Waals surface area contributed by atoms with Crippen LogP contribution in [0.5, 0.6) is 0 Å². The molecule has 130 valence electrons. The third kappa shape index (κ3) is 3.84. The molecule has 0 bridgehead atoms. The minimum atomic E-state index is -4.53. The van der Waals surface area contributed by atoms with Crippen molar-refractivity contribution in [1.29, 1.82) is 0 Å². The fourth-order valence-electron chi connectivity index (χ4n) is 2.20. The molecule has 0 aliphatic rings. The van der Waals surface area contributed by atoms with Crippen LogP contribution >= 0.6 is 0 Å². The molecule has 0 atom stereocenters. The SMILES string of the molecule is Cn1cnnc1-c1ccc(NC(=O)Cn2ccc(C(F)(F)F)n2)cc1. The van der Waals surface area contributed by atoms with E-state index >= 15 is 0 Å². The van der Waals surface area contributed by atoms with Crippen LogP contribution in [0.15, 0.2) is 42.9 Å². The van der Waals surface area contributed by atoms with E-state index in [0.717, 1.165) is 22.5 Å². The molecule has 2 heterocycles. The molecule has 7 nitrogen and oxygen atoms in total. The molecule has 0 fully saturated rings. The minimum absolute atomic E-state index is 0.318. The molecule has 0 spiro atoms. The number of aryl methyl sites for hydroxylation is 1. The standard InChI is InChI=1S/C15H13F3N6O/c1-23-9-19-21-14(23)10-2-4-11(5-3-10)20-13(25)8-24-7-6-12(22-24)15(16,17)18/h2-7,9H,8H2,1H3,(H,20,25). The summed E-state index contributed by atoms with van der Waals surface area (Å²) in [5, 5.41) is 13.7. The smallest absolute Gasteiger partial charge is 0.324 e. The zero-order chi connectivity index (χ0) is 18.0. The molecule has 10 heteroatoms. The summed E-state index contributed by atoms with van der Waals surface area (Å²) in [6, 6.07) is 7.69. The number of rotatable bonds is 4. The van der Waals surface area contributed by atoms with Crippen molar-refractivity contribution in [1.82, 2.24) is 24.5 Å². The molecule has 0 saturated carbocycles. The van der Waals surface area contributed by atoms with Gasteiger partial charge in [-0.05, 0) is 30.3 Å². The van der Waals surface area contributed by atoms with Crippen LogP contribution in [0.1, 0.15) is 5.69 Å². The monoisotopic (exact) mass is 350 g/mol. The Hall–Kier alpha value is -3.17. The van der Waals surface area contributed by atoms with Crippen LogP contribution in [0.2, 0.25) is 0 Å². The molecule has 0 aliphatic carbocycles. The van der Waals surface area contributed by atoms with Crippen LogP contribution in [0.3, 0.4) is 0 Å². The van der Waals surface area contributed by atoms with Gasteiger partial charge < -0.3 is 9.88 Å². The number of nitrogens with zero attached hydrogens (tertiary/aromatic N) is 5. The normalized spacial score (nSPS) is 11.5. The molecular formula is C15H13F3N6O. The Labute approximate surface area is 140 Å². The maximum atomic E-state index is 12.5. The number of aromatic nitrogens is 5. The number of anilines is 1. The second-order valence-electron chi connectivity index (χ2n) is 5.29. The van der Waals surface area contributed by atoms with Crippen molar-refractivity contribution in [2.24, 2.45) is 7.05 Å². The summed E-state index contributed by atoms with van der Waals surface area (Å²) in [5.41, 5.74) is 0.298. The minimum Gasteiger partial charge on any atom is -0.324 e. The first-order valence-electron chi connectivity index (χ1n) is 7.18. The van der Waals surface area contributed by atoms with Gasteiger partial charge in [0.25, 0.3) is 0 Å². The van der Waals surface area contributed by atoms with Gasteiger partial charge >= 0.3 is 6.18 Å². The lowest BCUT2D eigenvalue weighted by Crippen LogP contribution is -2.19. The highest BCUT2D eigenvalue weighted by molar-refractivity contribution is 5.90. The van der Waals surface area contributed by atoms with Crippen LogP contribution in [-0.2, 0) is 24.6 Å². The van der Waals surface area contributed by atoms with Gasteiger partial charge in [-0.3, -0.25) is 9.48 Å². The molecule has 1 N–H and O–H groups in total. The molecule has 0 aliphatic heterocycles. The number of carbonyl (C=O) groups excluding carboxylic acids is 1. The molecule has 0 saturated heterocycles. The quantitative estimate of drug-likeness (QED) is 0.783. The average molecular weight is 350 g/mol. The van der Waals surface area contributed by atoms with Crippen molar-refractivity contribution >= 4 is 11.6 Å². The van der Waals surface area contributed by atoms with Crippen molar-refractivity contribution in [3.63, 3.8) is 0 Å². The second-order valence-corrected chi connectivity index (χ2v) is 5.29. The Morgan fingerprint density at radius 3 is 2.48 bits per heavy atom. The molecule has 1 amide bonds. The average Bonchev–Trinajstić information content (AvgIpc) is 3.17. The van der Waals surface area contributed by atoms with Gasteiger partial charge in [-0.25, -0.2) is 0 Å². The summed E-state index contributed by atoms with van der Waals surface area (Å²) >= 11 is 0. The van der Waals surface area contributed by atoms with Gasteiger partial charge in [-0.15, -0.1) is 10.2 Å². The number of alkyl halides is 3. The van der Waals surface area contributed by atoms with E-state index in [-0.39, 0.29) is 6.54 Å². The summed E-state index contributed by atoms with van der Waals surface area (Å²) in [6.45, 7) is -0.318. The number of nitrogens with one attached hydrogen (secondary N) is 1. The summed E-state index contributed by atoms with van der Waals surface area (Å²) in [5.74, 6) is 0.192. The van der Waals surface area contributed by atoms with E-state index in [1.807, 2.05) is 7.05 Å².